The van der Waals surface area contributed by atoms with Crippen LogP contribution in [0.4, 0.5) is 0 Å². The van der Waals surface area contributed by atoms with Gasteiger partial charge in [-0.05, 0) is 11.5 Å². The van der Waals surface area contributed by atoms with Crippen LogP contribution in [-0.4, -0.2) is 20.5 Å². The number of hydrogen-bond donors (Lipinski definition) is 0. The van der Waals surface area contributed by atoms with Crippen molar-refractivity contribution in [2.24, 2.45) is 0 Å². The van der Waals surface area contributed by atoms with E-state index < -0.39 is 15.9 Å². The molecule has 0 aromatic heterocycles. The summed E-state index contributed by atoms with van der Waals surface area (Å²) in [6.45, 7) is 0. The molecule has 0 saturated heterocycles. The zero-order valence-electron chi connectivity index (χ0n) is 10.9. The monoisotopic (exact) mass is 274 g/mol. The fourth-order valence-electron chi connectivity index (χ4n) is 1.52. The van der Waals surface area contributed by atoms with E-state index in [0.29, 0.717) is 11.7 Å². The quantitative estimate of drug-likeness (QED) is 0.402. The van der Waals surface area contributed by atoms with E-state index in [2.05, 4.69) is 0 Å². The van der Waals surface area contributed by atoms with Crippen molar-refractivity contribution in [2.75, 3.05) is 5.75 Å². The summed E-state index contributed by atoms with van der Waals surface area (Å²) in [5.74, 6) is -0.402. The topological polar surface area (TPSA) is 60.4 Å². The van der Waals surface area contributed by atoms with E-state index in [1.165, 1.54) is 0 Å². The molecule has 2 rings (SSSR count). The summed E-state index contributed by atoms with van der Waals surface area (Å²) in [5.41, 5.74) is 0. The van der Waals surface area contributed by atoms with Gasteiger partial charge < -0.3 is 10.4 Å². The Balaban J connectivity index is 0.00000162. The molecular formula is C12H11NaO4S. The third-order valence-electron chi connectivity index (χ3n) is 2.24. The molecule has 0 radical (unpaired) electrons. The van der Waals surface area contributed by atoms with Gasteiger partial charge in [-0.2, -0.15) is 8.42 Å². The van der Waals surface area contributed by atoms with E-state index >= 15 is 0 Å². The Hall–Kier alpha value is -0.880. The molecule has 0 aliphatic carbocycles. The molecule has 0 heterocycles. The number of carbonyl (C=O) groups excluding carboxylic acids is 1. The summed E-state index contributed by atoms with van der Waals surface area (Å²) in [6, 6.07) is 12.4. The van der Waals surface area contributed by atoms with Crippen molar-refractivity contribution in [2.45, 2.75) is 0 Å². The van der Waals surface area contributed by atoms with Crippen LogP contribution in [0.15, 0.2) is 42.5 Å². The molecule has 90 valence electrons. The second-order valence-corrected chi connectivity index (χ2v) is 5.07. The molecule has 0 fully saturated rings. The first-order valence-corrected chi connectivity index (χ1v) is 6.54. The zero-order chi connectivity index (χ0) is 12.3. The molecule has 0 amide bonds. The van der Waals surface area contributed by atoms with Gasteiger partial charge in [-0.1, -0.05) is 36.4 Å². The Bertz CT molecular complexity index is 652. The van der Waals surface area contributed by atoms with E-state index in [0.717, 1.165) is 5.39 Å². The van der Waals surface area contributed by atoms with E-state index in [4.69, 9.17) is 4.18 Å². The van der Waals surface area contributed by atoms with Gasteiger partial charge in [-0.15, -0.1) is 0 Å². The van der Waals surface area contributed by atoms with Gasteiger partial charge in [0.1, 0.15) is 17.8 Å². The maximum Gasteiger partial charge on any atom is 1.00 e. The van der Waals surface area contributed by atoms with Gasteiger partial charge >= 0.3 is 39.7 Å². The molecule has 18 heavy (non-hydrogen) atoms. The average Bonchev–Trinajstić information content (AvgIpc) is 2.29. The first-order valence-electron chi connectivity index (χ1n) is 4.96. The predicted molar refractivity (Wildman–Crippen MR) is 65.5 cm³/mol. The molecule has 0 aliphatic rings. The van der Waals surface area contributed by atoms with Crippen molar-refractivity contribution in [1.29, 1.82) is 0 Å². The molecule has 0 bridgehead atoms. The van der Waals surface area contributed by atoms with E-state index in [1.807, 2.05) is 18.2 Å². The Morgan fingerprint density at radius 3 is 2.50 bits per heavy atom. The summed E-state index contributed by atoms with van der Waals surface area (Å²) in [5, 5.41) is 1.58. The number of fused-ring (bicyclic) bond motifs is 1. The standard InChI is InChI=1S/C12H10O4S.Na.H/c13-8-9-17(14,15)16-12-7-3-5-10-4-1-2-6-11(10)12;;/h1-8H,9H2;;/q;+1;-1. The second-order valence-electron chi connectivity index (χ2n) is 3.45. The van der Waals surface area contributed by atoms with Crippen molar-refractivity contribution >= 4 is 27.2 Å². The van der Waals surface area contributed by atoms with Crippen molar-refractivity contribution < 1.29 is 48.4 Å². The normalized spacial score (nSPS) is 10.7. The number of aldehydes is 1. The van der Waals surface area contributed by atoms with Gasteiger partial charge in [-0.3, -0.25) is 0 Å². The summed E-state index contributed by atoms with van der Waals surface area (Å²) in [7, 11) is -3.84. The third kappa shape index (κ3) is 3.55. The third-order valence-corrected chi connectivity index (χ3v) is 3.22. The van der Waals surface area contributed by atoms with Crippen LogP contribution in [0.2, 0.25) is 0 Å². The van der Waals surface area contributed by atoms with E-state index in [1.54, 1.807) is 24.3 Å². The molecule has 2 aromatic rings. The van der Waals surface area contributed by atoms with Crippen molar-refractivity contribution in [3.05, 3.63) is 42.5 Å². The van der Waals surface area contributed by atoms with Crippen LogP contribution >= 0.6 is 0 Å². The molecule has 0 saturated carbocycles. The van der Waals surface area contributed by atoms with Gasteiger partial charge in [0.25, 0.3) is 0 Å². The zero-order valence-corrected chi connectivity index (χ0v) is 12.7. The van der Waals surface area contributed by atoms with Crippen LogP contribution in [0.5, 0.6) is 5.75 Å². The largest absolute Gasteiger partial charge is 1.00 e. The van der Waals surface area contributed by atoms with Crippen LogP contribution in [0, 0.1) is 0 Å². The number of benzene rings is 2. The van der Waals surface area contributed by atoms with Crippen LogP contribution in [-0.2, 0) is 14.9 Å². The number of rotatable bonds is 4. The molecule has 4 nitrogen and oxygen atoms in total. The van der Waals surface area contributed by atoms with Gasteiger partial charge in [0.05, 0.1) is 0 Å². The second kappa shape index (κ2) is 6.33. The van der Waals surface area contributed by atoms with Gasteiger partial charge in [0, 0.05) is 5.39 Å². The minimum absolute atomic E-state index is 0. The van der Waals surface area contributed by atoms with Gasteiger partial charge in [0.2, 0.25) is 0 Å². The van der Waals surface area contributed by atoms with Crippen molar-refractivity contribution in [3.63, 3.8) is 0 Å². The molecule has 0 aliphatic heterocycles. The van der Waals surface area contributed by atoms with Crippen LogP contribution in [0.25, 0.3) is 10.8 Å². The first kappa shape index (κ1) is 15.2. The minimum Gasteiger partial charge on any atom is -1.00 e. The maximum absolute atomic E-state index is 11.4. The number of carbonyl (C=O) groups is 1. The fraction of sp³-hybridized carbons (Fsp3) is 0.0833. The SMILES string of the molecule is O=CCS(=O)(=O)Oc1cccc2ccccc12.[H-].[Na+]. The summed E-state index contributed by atoms with van der Waals surface area (Å²) in [4.78, 5) is 10.2. The van der Waals surface area contributed by atoms with Crippen LogP contribution in [0.1, 0.15) is 1.43 Å². The average molecular weight is 274 g/mol. The van der Waals surface area contributed by atoms with Crippen molar-refractivity contribution in [3.8, 4) is 5.75 Å². The summed E-state index contributed by atoms with van der Waals surface area (Å²) < 4.78 is 27.7. The van der Waals surface area contributed by atoms with Crippen LogP contribution in [0.3, 0.4) is 0 Å². The Morgan fingerprint density at radius 1 is 1.11 bits per heavy atom. The molecule has 0 atom stereocenters. The Morgan fingerprint density at radius 2 is 1.78 bits per heavy atom. The Labute approximate surface area is 129 Å². The fourth-order valence-corrected chi connectivity index (χ4v) is 2.18. The molecule has 0 unspecified atom stereocenters. The van der Waals surface area contributed by atoms with Gasteiger partial charge in [0.15, 0.2) is 0 Å². The molecule has 6 heteroatoms. The molecule has 0 spiro atoms. The molecule has 2 aromatic carbocycles. The maximum atomic E-state index is 11.4. The van der Waals surface area contributed by atoms with Gasteiger partial charge in [-0.25, -0.2) is 0 Å². The summed E-state index contributed by atoms with van der Waals surface area (Å²) >= 11 is 0. The van der Waals surface area contributed by atoms with E-state index in [9.17, 15) is 13.2 Å². The smallest absolute Gasteiger partial charge is 1.00 e. The predicted octanol–water partition coefficient (Wildman–Crippen LogP) is -1.14. The minimum atomic E-state index is -3.84. The number of hydrogen-bond acceptors (Lipinski definition) is 4. The van der Waals surface area contributed by atoms with E-state index in [-0.39, 0.29) is 36.7 Å². The van der Waals surface area contributed by atoms with Crippen molar-refractivity contribution in [1.82, 2.24) is 0 Å². The first-order chi connectivity index (χ1) is 8.12. The summed E-state index contributed by atoms with van der Waals surface area (Å²) in [6.07, 6.45) is 0.306. The van der Waals surface area contributed by atoms with Crippen LogP contribution < -0.4 is 33.7 Å². The Kier molecular flexibility index (Phi) is 5.34. The molecular weight excluding hydrogens is 263 g/mol. The molecule has 0 N–H and O–H groups in total.